The van der Waals surface area contributed by atoms with Gasteiger partial charge in [-0.1, -0.05) is 0 Å². The van der Waals surface area contributed by atoms with E-state index in [9.17, 15) is 4.79 Å². The fraction of sp³-hybridized carbons (Fsp3) is 0.300. The van der Waals surface area contributed by atoms with Gasteiger partial charge in [-0.2, -0.15) is 0 Å². The van der Waals surface area contributed by atoms with Gasteiger partial charge in [-0.05, 0) is 33.6 Å². The molecule has 1 aliphatic heterocycles. The molecule has 0 aliphatic carbocycles. The number of carbonyl (C=O) groups is 1. The molecule has 1 aliphatic rings. The number of halogens is 1. The van der Waals surface area contributed by atoms with Crippen molar-refractivity contribution in [3.8, 4) is 11.5 Å². The number of hydrogen-bond acceptors (Lipinski definition) is 5. The van der Waals surface area contributed by atoms with Crippen molar-refractivity contribution >= 4 is 21.9 Å². The number of ether oxygens (including phenoxy) is 3. The van der Waals surface area contributed by atoms with Gasteiger partial charge >= 0.3 is 5.97 Å². The van der Waals surface area contributed by atoms with Crippen LogP contribution < -0.4 is 15.2 Å². The summed E-state index contributed by atoms with van der Waals surface area (Å²) in [6.45, 7) is 0.171. The third-order valence-electron chi connectivity index (χ3n) is 2.26. The minimum atomic E-state index is -0.823. The maximum absolute atomic E-state index is 11.3. The molecule has 0 bridgehead atoms. The van der Waals surface area contributed by atoms with Crippen LogP contribution in [0.5, 0.6) is 11.5 Å². The molecule has 86 valence electrons. The molecule has 0 fully saturated rings. The fourth-order valence-electron chi connectivity index (χ4n) is 1.43. The van der Waals surface area contributed by atoms with Crippen LogP contribution in [0.1, 0.15) is 11.6 Å². The summed E-state index contributed by atoms with van der Waals surface area (Å²) in [6.07, 6.45) is 0. The molecule has 0 saturated heterocycles. The van der Waals surface area contributed by atoms with Gasteiger partial charge in [0.1, 0.15) is 6.04 Å². The molecule has 0 radical (unpaired) electrons. The average Bonchev–Trinajstić information content (AvgIpc) is 2.75. The van der Waals surface area contributed by atoms with Crippen molar-refractivity contribution in [3.63, 3.8) is 0 Å². The molecule has 0 spiro atoms. The predicted molar refractivity (Wildman–Crippen MR) is 59.2 cm³/mol. The quantitative estimate of drug-likeness (QED) is 0.832. The van der Waals surface area contributed by atoms with Crippen molar-refractivity contribution in [2.45, 2.75) is 6.04 Å². The largest absolute Gasteiger partial charge is 0.468 e. The van der Waals surface area contributed by atoms with Crippen LogP contribution in [-0.4, -0.2) is 19.9 Å². The summed E-state index contributed by atoms with van der Waals surface area (Å²) < 4.78 is 15.7. The Labute approximate surface area is 101 Å². The van der Waals surface area contributed by atoms with E-state index in [0.29, 0.717) is 21.5 Å². The summed E-state index contributed by atoms with van der Waals surface area (Å²) >= 11 is 3.32. The first kappa shape index (κ1) is 11.2. The Hall–Kier alpha value is -1.27. The molecule has 1 aromatic rings. The van der Waals surface area contributed by atoms with Gasteiger partial charge < -0.3 is 19.9 Å². The topological polar surface area (TPSA) is 70.8 Å². The summed E-state index contributed by atoms with van der Waals surface area (Å²) in [5.41, 5.74) is 6.33. The summed E-state index contributed by atoms with van der Waals surface area (Å²) in [4.78, 5) is 11.3. The number of nitrogens with two attached hydrogens (primary N) is 1. The van der Waals surface area contributed by atoms with Crippen molar-refractivity contribution in [2.24, 2.45) is 5.73 Å². The molecular weight excluding hydrogens is 278 g/mol. The van der Waals surface area contributed by atoms with Crippen molar-refractivity contribution in [2.75, 3.05) is 13.9 Å². The fourth-order valence-corrected chi connectivity index (χ4v) is 2.00. The molecule has 1 unspecified atom stereocenters. The first-order valence-corrected chi connectivity index (χ1v) is 5.35. The Kier molecular flexibility index (Phi) is 3.02. The SMILES string of the molecule is COC(=O)C(N)c1cc(Br)c2c(c1)OCO2. The van der Waals surface area contributed by atoms with Crippen molar-refractivity contribution in [1.82, 2.24) is 0 Å². The highest BCUT2D eigenvalue weighted by Crippen LogP contribution is 2.41. The maximum Gasteiger partial charge on any atom is 0.327 e. The molecule has 6 heteroatoms. The third kappa shape index (κ3) is 1.85. The molecule has 0 aromatic heterocycles. The Morgan fingerprint density at radius 2 is 2.31 bits per heavy atom. The van der Waals surface area contributed by atoms with Crippen molar-refractivity contribution in [3.05, 3.63) is 22.2 Å². The highest BCUT2D eigenvalue weighted by atomic mass is 79.9. The van der Waals surface area contributed by atoms with E-state index in [1.54, 1.807) is 12.1 Å². The van der Waals surface area contributed by atoms with Crippen LogP contribution in [0.25, 0.3) is 0 Å². The van der Waals surface area contributed by atoms with E-state index in [1.165, 1.54) is 7.11 Å². The molecule has 16 heavy (non-hydrogen) atoms. The van der Waals surface area contributed by atoms with Gasteiger partial charge in [-0.3, -0.25) is 4.79 Å². The second-order valence-corrected chi connectivity index (χ2v) is 4.09. The lowest BCUT2D eigenvalue weighted by Crippen LogP contribution is -2.22. The Balaban J connectivity index is 2.36. The minimum Gasteiger partial charge on any atom is -0.468 e. The second-order valence-electron chi connectivity index (χ2n) is 3.24. The van der Waals surface area contributed by atoms with Gasteiger partial charge in [0.25, 0.3) is 0 Å². The van der Waals surface area contributed by atoms with Crippen molar-refractivity contribution in [1.29, 1.82) is 0 Å². The van der Waals surface area contributed by atoms with E-state index >= 15 is 0 Å². The summed E-state index contributed by atoms with van der Waals surface area (Å²) in [5, 5.41) is 0. The number of benzene rings is 1. The number of rotatable bonds is 2. The van der Waals surface area contributed by atoms with Gasteiger partial charge in [-0.15, -0.1) is 0 Å². The molecule has 0 saturated carbocycles. The molecule has 2 N–H and O–H groups in total. The lowest BCUT2D eigenvalue weighted by atomic mass is 10.1. The predicted octanol–water partition coefficient (Wildman–Crippen LogP) is 1.35. The second kappa shape index (κ2) is 4.31. The summed E-state index contributed by atoms with van der Waals surface area (Å²) in [6, 6.07) is 2.57. The van der Waals surface area contributed by atoms with Crippen LogP contribution in [0.3, 0.4) is 0 Å². The van der Waals surface area contributed by atoms with Gasteiger partial charge in [0, 0.05) is 0 Å². The van der Waals surface area contributed by atoms with E-state index in [2.05, 4.69) is 20.7 Å². The Morgan fingerprint density at radius 3 is 3.00 bits per heavy atom. The molecule has 5 nitrogen and oxygen atoms in total. The van der Waals surface area contributed by atoms with Crippen LogP contribution in [0, 0.1) is 0 Å². The van der Waals surface area contributed by atoms with E-state index in [4.69, 9.17) is 15.2 Å². The van der Waals surface area contributed by atoms with Gasteiger partial charge in [0.15, 0.2) is 11.5 Å². The lowest BCUT2D eigenvalue weighted by Gasteiger charge is -2.11. The average molecular weight is 288 g/mol. The summed E-state index contributed by atoms with van der Waals surface area (Å²) in [7, 11) is 1.30. The lowest BCUT2D eigenvalue weighted by molar-refractivity contribution is -0.142. The molecular formula is C10H10BrNO4. The van der Waals surface area contributed by atoms with E-state index in [1.807, 2.05) is 0 Å². The van der Waals surface area contributed by atoms with E-state index in [-0.39, 0.29) is 6.79 Å². The minimum absolute atomic E-state index is 0.171. The van der Waals surface area contributed by atoms with Crippen LogP contribution in [0.4, 0.5) is 0 Å². The van der Waals surface area contributed by atoms with Gasteiger partial charge in [-0.25, -0.2) is 0 Å². The third-order valence-corrected chi connectivity index (χ3v) is 2.85. The van der Waals surface area contributed by atoms with Crippen LogP contribution in [-0.2, 0) is 9.53 Å². The summed E-state index contributed by atoms with van der Waals surface area (Å²) in [5.74, 6) is 0.704. The number of carbonyl (C=O) groups excluding carboxylic acids is 1. The number of hydrogen-bond donors (Lipinski definition) is 1. The normalized spacial score (nSPS) is 14.7. The monoisotopic (exact) mass is 287 g/mol. The van der Waals surface area contributed by atoms with E-state index in [0.717, 1.165) is 0 Å². The van der Waals surface area contributed by atoms with E-state index < -0.39 is 12.0 Å². The molecule has 2 rings (SSSR count). The van der Waals surface area contributed by atoms with Crippen LogP contribution in [0.15, 0.2) is 16.6 Å². The highest BCUT2D eigenvalue weighted by molar-refractivity contribution is 9.10. The zero-order chi connectivity index (χ0) is 11.7. The molecule has 1 atom stereocenters. The first-order valence-electron chi connectivity index (χ1n) is 4.56. The molecule has 0 amide bonds. The van der Waals surface area contributed by atoms with Crippen LogP contribution in [0.2, 0.25) is 0 Å². The Morgan fingerprint density at radius 1 is 1.56 bits per heavy atom. The first-order chi connectivity index (χ1) is 7.63. The van der Waals surface area contributed by atoms with Gasteiger partial charge in [0.05, 0.1) is 11.6 Å². The van der Waals surface area contributed by atoms with Crippen molar-refractivity contribution < 1.29 is 19.0 Å². The zero-order valence-corrected chi connectivity index (χ0v) is 10.1. The number of esters is 1. The smallest absolute Gasteiger partial charge is 0.327 e. The molecule has 1 aromatic carbocycles. The molecule has 1 heterocycles. The standard InChI is InChI=1S/C10H10BrNO4/c1-14-10(13)8(12)5-2-6(11)9-7(3-5)15-4-16-9/h2-3,8H,4,12H2,1H3. The van der Waals surface area contributed by atoms with Gasteiger partial charge in [0.2, 0.25) is 6.79 Å². The highest BCUT2D eigenvalue weighted by Gasteiger charge is 2.23. The maximum atomic E-state index is 11.3. The Bertz CT molecular complexity index is 435. The van der Waals surface area contributed by atoms with Crippen LogP contribution >= 0.6 is 15.9 Å². The zero-order valence-electron chi connectivity index (χ0n) is 8.53. The number of fused-ring (bicyclic) bond motifs is 1. The number of methoxy groups -OCH3 is 1.